The highest BCUT2D eigenvalue weighted by atomic mass is 16.5. The van der Waals surface area contributed by atoms with Crippen LogP contribution in [0.3, 0.4) is 0 Å². The van der Waals surface area contributed by atoms with E-state index in [-0.39, 0.29) is 5.95 Å². The van der Waals surface area contributed by atoms with Crippen LogP contribution < -0.4 is 20.5 Å². The Hall–Kier alpha value is -2.50. The normalized spacial score (nSPS) is 12.7. The van der Waals surface area contributed by atoms with Gasteiger partial charge in [0.25, 0.3) is 0 Å². The van der Waals surface area contributed by atoms with E-state index in [4.69, 9.17) is 15.2 Å². The second-order valence-corrected chi connectivity index (χ2v) is 4.50. The zero-order valence-corrected chi connectivity index (χ0v) is 11.4. The minimum atomic E-state index is 0.248. The lowest BCUT2D eigenvalue weighted by atomic mass is 10.0. The van der Waals surface area contributed by atoms with Gasteiger partial charge in [0.1, 0.15) is 17.3 Å². The topological polar surface area (TPSA) is 82.3 Å². The number of hydrogen-bond donors (Lipinski definition) is 2. The predicted octanol–water partition coefficient (Wildman–Crippen LogP) is 1.71. The van der Waals surface area contributed by atoms with Gasteiger partial charge in [-0.25, -0.2) is 4.98 Å². The molecule has 2 aromatic rings. The maximum Gasteiger partial charge on any atom is 0.222 e. The van der Waals surface area contributed by atoms with Crippen molar-refractivity contribution in [3.8, 4) is 22.8 Å². The Kier molecular flexibility index (Phi) is 3.06. The molecule has 0 amide bonds. The van der Waals surface area contributed by atoms with Crippen molar-refractivity contribution in [1.82, 2.24) is 9.97 Å². The minimum absolute atomic E-state index is 0.248. The molecule has 0 spiro atoms. The molecule has 6 heteroatoms. The highest BCUT2D eigenvalue weighted by Gasteiger charge is 2.21. The van der Waals surface area contributed by atoms with E-state index in [1.165, 1.54) is 0 Å². The Bertz CT molecular complexity index is 658. The Morgan fingerprint density at radius 2 is 2.05 bits per heavy atom. The molecule has 0 radical (unpaired) electrons. The Morgan fingerprint density at radius 3 is 2.80 bits per heavy atom. The molecule has 0 atom stereocenters. The third kappa shape index (κ3) is 1.99. The molecule has 1 aliphatic rings. The molecule has 1 aromatic carbocycles. The number of benzene rings is 1. The van der Waals surface area contributed by atoms with Gasteiger partial charge in [-0.1, -0.05) is 0 Å². The summed E-state index contributed by atoms with van der Waals surface area (Å²) in [5.74, 6) is 2.53. The van der Waals surface area contributed by atoms with Crippen LogP contribution in [-0.2, 0) is 6.42 Å². The summed E-state index contributed by atoms with van der Waals surface area (Å²) in [6, 6.07) is 5.62. The Labute approximate surface area is 116 Å². The second kappa shape index (κ2) is 4.88. The van der Waals surface area contributed by atoms with Gasteiger partial charge in [-0.3, -0.25) is 0 Å². The fourth-order valence-corrected chi connectivity index (χ4v) is 2.41. The van der Waals surface area contributed by atoms with Crippen molar-refractivity contribution in [3.05, 3.63) is 23.8 Å². The lowest BCUT2D eigenvalue weighted by molar-refractivity contribution is 0.404. The summed E-state index contributed by atoms with van der Waals surface area (Å²) >= 11 is 0. The number of anilines is 2. The lowest BCUT2D eigenvalue weighted by Gasteiger charge is -2.13. The van der Waals surface area contributed by atoms with Crippen LogP contribution in [-0.4, -0.2) is 30.7 Å². The van der Waals surface area contributed by atoms with Crippen LogP contribution in [0.15, 0.2) is 18.2 Å². The molecule has 0 fully saturated rings. The number of nitrogen functional groups attached to an aromatic ring is 1. The van der Waals surface area contributed by atoms with Crippen molar-refractivity contribution in [3.63, 3.8) is 0 Å². The molecule has 2 heterocycles. The summed E-state index contributed by atoms with van der Waals surface area (Å²) in [6.07, 6.45) is 0.866. The first-order chi connectivity index (χ1) is 9.72. The minimum Gasteiger partial charge on any atom is -0.497 e. The number of nitrogens with zero attached hydrogens (tertiary/aromatic N) is 2. The van der Waals surface area contributed by atoms with E-state index in [0.29, 0.717) is 0 Å². The molecule has 1 aliphatic heterocycles. The molecule has 3 rings (SSSR count). The van der Waals surface area contributed by atoms with Crippen molar-refractivity contribution in [2.75, 3.05) is 31.8 Å². The van der Waals surface area contributed by atoms with E-state index in [0.717, 1.165) is 47.1 Å². The van der Waals surface area contributed by atoms with Crippen LogP contribution in [0.2, 0.25) is 0 Å². The van der Waals surface area contributed by atoms with Gasteiger partial charge in [0.2, 0.25) is 5.95 Å². The van der Waals surface area contributed by atoms with Gasteiger partial charge in [-0.2, -0.15) is 4.98 Å². The van der Waals surface area contributed by atoms with Crippen LogP contribution in [0.4, 0.5) is 11.8 Å². The summed E-state index contributed by atoms with van der Waals surface area (Å²) < 4.78 is 10.7. The van der Waals surface area contributed by atoms with Gasteiger partial charge in [-0.15, -0.1) is 0 Å². The van der Waals surface area contributed by atoms with Crippen LogP contribution in [0.25, 0.3) is 11.3 Å². The number of nitrogens with one attached hydrogen (secondary N) is 1. The van der Waals surface area contributed by atoms with Crippen molar-refractivity contribution in [2.24, 2.45) is 0 Å². The van der Waals surface area contributed by atoms with Gasteiger partial charge >= 0.3 is 0 Å². The smallest absolute Gasteiger partial charge is 0.222 e. The van der Waals surface area contributed by atoms with E-state index in [1.807, 2.05) is 18.2 Å². The summed E-state index contributed by atoms with van der Waals surface area (Å²) in [4.78, 5) is 8.61. The molecule has 20 heavy (non-hydrogen) atoms. The molecule has 6 nitrogen and oxygen atoms in total. The zero-order chi connectivity index (χ0) is 14.1. The van der Waals surface area contributed by atoms with Gasteiger partial charge in [-0.05, 0) is 24.6 Å². The molecular formula is C14H16N4O2. The lowest BCUT2D eigenvalue weighted by Crippen LogP contribution is -2.02. The van der Waals surface area contributed by atoms with E-state index in [1.54, 1.807) is 14.2 Å². The Morgan fingerprint density at radius 1 is 1.20 bits per heavy atom. The summed E-state index contributed by atoms with van der Waals surface area (Å²) in [5, 5.41) is 3.21. The summed E-state index contributed by atoms with van der Waals surface area (Å²) in [5.41, 5.74) is 8.52. The third-order valence-corrected chi connectivity index (χ3v) is 3.35. The number of hydrogen-bond acceptors (Lipinski definition) is 6. The van der Waals surface area contributed by atoms with Crippen molar-refractivity contribution < 1.29 is 9.47 Å². The Balaban J connectivity index is 2.23. The molecule has 3 N–H and O–H groups in total. The van der Waals surface area contributed by atoms with Crippen molar-refractivity contribution in [1.29, 1.82) is 0 Å². The molecule has 1 aromatic heterocycles. The van der Waals surface area contributed by atoms with E-state index in [2.05, 4.69) is 15.3 Å². The maximum absolute atomic E-state index is 5.80. The molecule has 0 saturated heterocycles. The third-order valence-electron chi connectivity index (χ3n) is 3.35. The molecule has 0 bridgehead atoms. The van der Waals surface area contributed by atoms with Gasteiger partial charge in [0.05, 0.1) is 19.9 Å². The summed E-state index contributed by atoms with van der Waals surface area (Å²) in [6.45, 7) is 0.840. The van der Waals surface area contributed by atoms with Gasteiger partial charge in [0.15, 0.2) is 0 Å². The standard InChI is InChI=1S/C14H16N4O2/c1-19-8-3-4-11(20-2)10(7-8)12-9-5-6-16-13(9)18-14(15)17-12/h3-4,7H,5-6H2,1-2H3,(H3,15,16,17,18). The highest BCUT2D eigenvalue weighted by Crippen LogP contribution is 2.37. The molecule has 104 valence electrons. The predicted molar refractivity (Wildman–Crippen MR) is 77.2 cm³/mol. The first-order valence-electron chi connectivity index (χ1n) is 6.35. The highest BCUT2D eigenvalue weighted by molar-refractivity contribution is 5.77. The van der Waals surface area contributed by atoms with E-state index in [9.17, 15) is 0 Å². The monoisotopic (exact) mass is 272 g/mol. The SMILES string of the molecule is COc1ccc(OC)c(-c2nc(N)nc3c2CCN3)c1. The number of nitrogens with two attached hydrogens (primary N) is 1. The van der Waals surface area contributed by atoms with Gasteiger partial charge < -0.3 is 20.5 Å². The molecule has 0 saturated carbocycles. The van der Waals surface area contributed by atoms with Crippen molar-refractivity contribution >= 4 is 11.8 Å². The zero-order valence-electron chi connectivity index (χ0n) is 11.4. The molecular weight excluding hydrogens is 256 g/mol. The first-order valence-corrected chi connectivity index (χ1v) is 6.35. The molecule has 0 unspecified atom stereocenters. The van der Waals surface area contributed by atoms with E-state index < -0.39 is 0 Å². The van der Waals surface area contributed by atoms with Crippen LogP contribution in [0.5, 0.6) is 11.5 Å². The maximum atomic E-state index is 5.80. The average Bonchev–Trinajstić information content (AvgIpc) is 2.93. The van der Waals surface area contributed by atoms with Crippen LogP contribution >= 0.6 is 0 Å². The van der Waals surface area contributed by atoms with Crippen LogP contribution in [0, 0.1) is 0 Å². The quantitative estimate of drug-likeness (QED) is 0.885. The number of methoxy groups -OCH3 is 2. The number of fused-ring (bicyclic) bond motifs is 1. The number of aromatic nitrogens is 2. The van der Waals surface area contributed by atoms with Gasteiger partial charge in [0, 0.05) is 17.7 Å². The largest absolute Gasteiger partial charge is 0.497 e. The fourth-order valence-electron chi connectivity index (χ4n) is 2.41. The van der Waals surface area contributed by atoms with Crippen LogP contribution in [0.1, 0.15) is 5.56 Å². The number of rotatable bonds is 3. The second-order valence-electron chi connectivity index (χ2n) is 4.50. The average molecular weight is 272 g/mol. The van der Waals surface area contributed by atoms with Crippen molar-refractivity contribution in [2.45, 2.75) is 6.42 Å². The molecule has 0 aliphatic carbocycles. The van der Waals surface area contributed by atoms with E-state index >= 15 is 0 Å². The fraction of sp³-hybridized carbons (Fsp3) is 0.286. The summed E-state index contributed by atoms with van der Waals surface area (Å²) in [7, 11) is 3.26. The number of ether oxygens (including phenoxy) is 2. The first kappa shape index (κ1) is 12.5.